The summed E-state index contributed by atoms with van der Waals surface area (Å²) in [6.07, 6.45) is 0. The standard InChI is InChI=1S/C12H16BrNO3/c1-3-16-11(15)7-17-12-8(2)4-10(13)5-9(12)6-14/h4-5H,3,6-7,14H2,1-2H3. The molecule has 0 amide bonds. The highest BCUT2D eigenvalue weighted by molar-refractivity contribution is 9.10. The molecule has 0 radical (unpaired) electrons. The first-order valence-corrected chi connectivity index (χ1v) is 6.15. The van der Waals surface area contributed by atoms with E-state index in [9.17, 15) is 4.79 Å². The summed E-state index contributed by atoms with van der Waals surface area (Å²) in [5.41, 5.74) is 7.43. The van der Waals surface area contributed by atoms with Crippen LogP contribution in [-0.4, -0.2) is 19.2 Å². The van der Waals surface area contributed by atoms with Crippen molar-refractivity contribution in [3.63, 3.8) is 0 Å². The number of halogens is 1. The van der Waals surface area contributed by atoms with E-state index in [0.29, 0.717) is 18.9 Å². The number of esters is 1. The highest BCUT2D eigenvalue weighted by Crippen LogP contribution is 2.27. The van der Waals surface area contributed by atoms with Crippen molar-refractivity contribution in [1.82, 2.24) is 0 Å². The minimum Gasteiger partial charge on any atom is -0.481 e. The second kappa shape index (κ2) is 6.61. The molecule has 5 heteroatoms. The van der Waals surface area contributed by atoms with Crippen molar-refractivity contribution >= 4 is 21.9 Å². The van der Waals surface area contributed by atoms with Crippen molar-refractivity contribution in [2.24, 2.45) is 5.73 Å². The van der Waals surface area contributed by atoms with Gasteiger partial charge in [0.05, 0.1) is 6.61 Å². The lowest BCUT2D eigenvalue weighted by Crippen LogP contribution is -2.16. The molecule has 0 saturated carbocycles. The number of aryl methyl sites for hydroxylation is 1. The van der Waals surface area contributed by atoms with Gasteiger partial charge in [0.2, 0.25) is 0 Å². The van der Waals surface area contributed by atoms with E-state index in [1.165, 1.54) is 0 Å². The molecule has 94 valence electrons. The summed E-state index contributed by atoms with van der Waals surface area (Å²) in [5.74, 6) is 0.279. The Hall–Kier alpha value is -1.07. The lowest BCUT2D eigenvalue weighted by atomic mass is 10.1. The van der Waals surface area contributed by atoms with Crippen molar-refractivity contribution in [2.75, 3.05) is 13.2 Å². The van der Waals surface area contributed by atoms with Crippen LogP contribution in [0.25, 0.3) is 0 Å². The summed E-state index contributed by atoms with van der Waals surface area (Å²) in [7, 11) is 0. The second-order valence-corrected chi connectivity index (χ2v) is 4.42. The van der Waals surface area contributed by atoms with E-state index in [1.807, 2.05) is 19.1 Å². The molecule has 2 N–H and O–H groups in total. The van der Waals surface area contributed by atoms with Gasteiger partial charge in [-0.3, -0.25) is 0 Å². The van der Waals surface area contributed by atoms with Crippen LogP contribution in [-0.2, 0) is 16.1 Å². The third kappa shape index (κ3) is 4.02. The molecule has 1 aromatic carbocycles. The number of rotatable bonds is 5. The smallest absolute Gasteiger partial charge is 0.344 e. The molecule has 0 aliphatic heterocycles. The molecule has 0 saturated heterocycles. The highest BCUT2D eigenvalue weighted by atomic mass is 79.9. The molecule has 0 atom stereocenters. The van der Waals surface area contributed by atoms with Crippen molar-refractivity contribution in [2.45, 2.75) is 20.4 Å². The van der Waals surface area contributed by atoms with E-state index in [4.69, 9.17) is 15.2 Å². The molecule has 1 aromatic rings. The van der Waals surface area contributed by atoms with Crippen LogP contribution >= 0.6 is 15.9 Å². The molecule has 17 heavy (non-hydrogen) atoms. The van der Waals surface area contributed by atoms with Crippen LogP contribution in [0, 0.1) is 6.92 Å². The molecule has 0 aromatic heterocycles. The zero-order valence-corrected chi connectivity index (χ0v) is 11.5. The minimum absolute atomic E-state index is 0.0939. The van der Waals surface area contributed by atoms with Gasteiger partial charge in [-0.25, -0.2) is 4.79 Å². The first kappa shape index (κ1) is 14.0. The normalized spacial score (nSPS) is 10.1. The van der Waals surface area contributed by atoms with Crippen molar-refractivity contribution in [3.05, 3.63) is 27.7 Å². The van der Waals surface area contributed by atoms with Gasteiger partial charge < -0.3 is 15.2 Å². The summed E-state index contributed by atoms with van der Waals surface area (Å²) in [4.78, 5) is 11.2. The van der Waals surface area contributed by atoms with Gasteiger partial charge in [0.15, 0.2) is 6.61 Å². The molecule has 0 unspecified atom stereocenters. The summed E-state index contributed by atoms with van der Waals surface area (Å²) in [6.45, 7) is 4.28. The lowest BCUT2D eigenvalue weighted by Gasteiger charge is -2.13. The zero-order chi connectivity index (χ0) is 12.8. The van der Waals surface area contributed by atoms with Crippen LogP contribution < -0.4 is 10.5 Å². The molecule has 0 fully saturated rings. The Balaban J connectivity index is 2.79. The number of benzene rings is 1. The molecule has 0 bridgehead atoms. The zero-order valence-electron chi connectivity index (χ0n) is 9.96. The van der Waals surface area contributed by atoms with Crippen molar-refractivity contribution in [1.29, 1.82) is 0 Å². The molecule has 0 spiro atoms. The fourth-order valence-electron chi connectivity index (χ4n) is 1.49. The van der Waals surface area contributed by atoms with Gasteiger partial charge in [-0.15, -0.1) is 0 Å². The van der Waals surface area contributed by atoms with Gasteiger partial charge in [0, 0.05) is 16.6 Å². The van der Waals surface area contributed by atoms with Crippen LogP contribution in [0.3, 0.4) is 0 Å². The third-order valence-corrected chi connectivity index (χ3v) is 2.63. The number of carbonyl (C=O) groups is 1. The third-order valence-electron chi connectivity index (χ3n) is 2.18. The van der Waals surface area contributed by atoms with Crippen LogP contribution in [0.4, 0.5) is 0 Å². The Bertz CT molecular complexity index is 407. The van der Waals surface area contributed by atoms with Crippen LogP contribution in [0.2, 0.25) is 0 Å². The maximum atomic E-state index is 11.2. The summed E-state index contributed by atoms with van der Waals surface area (Å²) < 4.78 is 11.2. The topological polar surface area (TPSA) is 61.5 Å². The first-order valence-electron chi connectivity index (χ1n) is 5.36. The molecule has 0 aliphatic carbocycles. The first-order chi connectivity index (χ1) is 8.08. The molecule has 0 aliphatic rings. The average Bonchev–Trinajstić information content (AvgIpc) is 2.27. The molecule has 4 nitrogen and oxygen atoms in total. The van der Waals surface area contributed by atoms with E-state index in [1.54, 1.807) is 6.92 Å². The largest absolute Gasteiger partial charge is 0.481 e. The van der Waals surface area contributed by atoms with Crippen LogP contribution in [0.5, 0.6) is 5.75 Å². The predicted octanol–water partition coefficient (Wildman–Crippen LogP) is 2.16. The van der Waals surface area contributed by atoms with Crippen LogP contribution in [0.1, 0.15) is 18.1 Å². The SMILES string of the molecule is CCOC(=O)COc1c(C)cc(Br)cc1CN. The van der Waals surface area contributed by atoms with E-state index < -0.39 is 0 Å². The maximum Gasteiger partial charge on any atom is 0.344 e. The van der Waals surface area contributed by atoms with Gasteiger partial charge >= 0.3 is 5.97 Å². The van der Waals surface area contributed by atoms with E-state index in [0.717, 1.165) is 15.6 Å². The Kier molecular flexibility index (Phi) is 5.44. The minimum atomic E-state index is -0.377. The van der Waals surface area contributed by atoms with Crippen molar-refractivity contribution < 1.29 is 14.3 Å². The van der Waals surface area contributed by atoms with E-state index in [-0.39, 0.29) is 12.6 Å². The average molecular weight is 302 g/mol. The fraction of sp³-hybridized carbons (Fsp3) is 0.417. The van der Waals surface area contributed by atoms with Gasteiger partial charge in [0.25, 0.3) is 0 Å². The summed E-state index contributed by atoms with van der Waals surface area (Å²) in [6, 6.07) is 3.80. The Morgan fingerprint density at radius 1 is 1.47 bits per heavy atom. The number of hydrogen-bond donors (Lipinski definition) is 1. The summed E-state index contributed by atoms with van der Waals surface area (Å²) >= 11 is 3.39. The van der Waals surface area contributed by atoms with Crippen LogP contribution in [0.15, 0.2) is 16.6 Å². The molecular formula is C12H16BrNO3. The number of nitrogens with two attached hydrogens (primary N) is 1. The predicted molar refractivity (Wildman–Crippen MR) is 68.9 cm³/mol. The van der Waals surface area contributed by atoms with E-state index in [2.05, 4.69) is 15.9 Å². The monoisotopic (exact) mass is 301 g/mol. The number of ether oxygens (including phenoxy) is 2. The molecule has 1 rings (SSSR count). The van der Waals surface area contributed by atoms with Gasteiger partial charge in [-0.1, -0.05) is 15.9 Å². The van der Waals surface area contributed by atoms with E-state index >= 15 is 0 Å². The Morgan fingerprint density at radius 2 is 2.18 bits per heavy atom. The summed E-state index contributed by atoms with van der Waals surface area (Å²) in [5, 5.41) is 0. The molecular weight excluding hydrogens is 286 g/mol. The Labute approximate surface area is 109 Å². The maximum absolute atomic E-state index is 11.2. The quantitative estimate of drug-likeness (QED) is 0.847. The number of hydrogen-bond acceptors (Lipinski definition) is 4. The number of carbonyl (C=O) groups excluding carboxylic acids is 1. The van der Waals surface area contributed by atoms with Gasteiger partial charge in [-0.05, 0) is 31.5 Å². The molecule has 0 heterocycles. The Morgan fingerprint density at radius 3 is 2.76 bits per heavy atom. The fourth-order valence-corrected chi connectivity index (χ4v) is 2.11. The highest BCUT2D eigenvalue weighted by Gasteiger charge is 2.10. The van der Waals surface area contributed by atoms with Crippen molar-refractivity contribution in [3.8, 4) is 5.75 Å². The van der Waals surface area contributed by atoms with Gasteiger partial charge in [0.1, 0.15) is 5.75 Å². The lowest BCUT2D eigenvalue weighted by molar-refractivity contribution is -0.145. The second-order valence-electron chi connectivity index (χ2n) is 3.51. The van der Waals surface area contributed by atoms with Gasteiger partial charge in [-0.2, -0.15) is 0 Å².